The predicted octanol–water partition coefficient (Wildman–Crippen LogP) is 3.86. The highest BCUT2D eigenvalue weighted by Gasteiger charge is 2.24. The number of nitrogens with one attached hydrogen (secondary N) is 1. The molecule has 1 fully saturated rings. The van der Waals surface area contributed by atoms with Crippen molar-refractivity contribution in [1.29, 1.82) is 0 Å². The van der Waals surface area contributed by atoms with E-state index < -0.39 is 0 Å². The number of anilines is 1. The maximum atomic E-state index is 12.3. The Hall–Kier alpha value is -2.05. The number of carbonyl (C=O) groups excluding carboxylic acids is 1. The Labute approximate surface area is 149 Å². The zero-order valence-corrected chi connectivity index (χ0v) is 14.3. The highest BCUT2D eigenvalue weighted by molar-refractivity contribution is 6.42. The maximum absolute atomic E-state index is 12.3. The number of piperidine rings is 1. The van der Waals surface area contributed by atoms with Gasteiger partial charge in [0.15, 0.2) is 0 Å². The van der Waals surface area contributed by atoms with Crippen molar-refractivity contribution in [3.8, 4) is 5.88 Å². The Bertz CT molecular complexity index is 706. The second kappa shape index (κ2) is 7.68. The lowest BCUT2D eigenvalue weighted by Gasteiger charge is -2.31. The highest BCUT2D eigenvalue weighted by Crippen LogP contribution is 2.25. The van der Waals surface area contributed by atoms with Gasteiger partial charge in [0.05, 0.1) is 10.0 Å². The van der Waals surface area contributed by atoms with Gasteiger partial charge in [-0.25, -0.2) is 4.79 Å². The summed E-state index contributed by atoms with van der Waals surface area (Å²) in [6.07, 6.45) is 3.12. The van der Waals surface area contributed by atoms with Crippen molar-refractivity contribution in [2.45, 2.75) is 18.9 Å². The van der Waals surface area contributed by atoms with Crippen LogP contribution in [0.2, 0.25) is 10.0 Å². The van der Waals surface area contributed by atoms with E-state index in [1.807, 2.05) is 0 Å². The van der Waals surface area contributed by atoms with Crippen molar-refractivity contribution in [3.05, 3.63) is 46.6 Å². The molecule has 0 radical (unpaired) electrons. The molecule has 8 heteroatoms. The molecular weight excluding hydrogens is 351 g/mol. The Balaban J connectivity index is 1.50. The van der Waals surface area contributed by atoms with Crippen LogP contribution in [0.15, 0.2) is 36.5 Å². The molecule has 126 valence electrons. The molecule has 1 aliphatic heterocycles. The molecular formula is C16H16Cl2N4O2. The number of amides is 2. The van der Waals surface area contributed by atoms with Gasteiger partial charge >= 0.3 is 6.03 Å². The zero-order valence-electron chi connectivity index (χ0n) is 12.8. The first-order chi connectivity index (χ1) is 11.6. The van der Waals surface area contributed by atoms with Gasteiger partial charge in [0, 0.05) is 43.9 Å². The summed E-state index contributed by atoms with van der Waals surface area (Å²) in [5.74, 6) is 0.510. The van der Waals surface area contributed by atoms with Crippen molar-refractivity contribution in [2.24, 2.45) is 0 Å². The minimum atomic E-state index is -0.161. The second-order valence-electron chi connectivity index (χ2n) is 5.43. The van der Waals surface area contributed by atoms with Crippen molar-refractivity contribution in [1.82, 2.24) is 15.1 Å². The molecule has 24 heavy (non-hydrogen) atoms. The maximum Gasteiger partial charge on any atom is 0.321 e. The minimum absolute atomic E-state index is 0.0377. The second-order valence-corrected chi connectivity index (χ2v) is 6.24. The molecule has 2 aromatic rings. The van der Waals surface area contributed by atoms with Crippen molar-refractivity contribution in [3.63, 3.8) is 0 Å². The number of likely N-dealkylation sites (tertiary alicyclic amines) is 1. The van der Waals surface area contributed by atoms with Crippen LogP contribution in [0.1, 0.15) is 12.8 Å². The normalized spacial score (nSPS) is 15.2. The van der Waals surface area contributed by atoms with E-state index in [1.54, 1.807) is 41.4 Å². The molecule has 2 amide bonds. The summed E-state index contributed by atoms with van der Waals surface area (Å²) in [5.41, 5.74) is 0.618. The highest BCUT2D eigenvalue weighted by atomic mass is 35.5. The molecule has 0 saturated carbocycles. The SMILES string of the molecule is O=C(Nc1ccc(Cl)c(Cl)c1)N1CCC(Oc2cccnn2)CC1. The number of nitrogens with zero attached hydrogens (tertiary/aromatic N) is 3. The van der Waals surface area contributed by atoms with Crippen molar-refractivity contribution < 1.29 is 9.53 Å². The number of hydrogen-bond donors (Lipinski definition) is 1. The van der Waals surface area contributed by atoms with Crippen molar-refractivity contribution in [2.75, 3.05) is 18.4 Å². The van der Waals surface area contributed by atoms with Crippen LogP contribution in [-0.4, -0.2) is 40.3 Å². The summed E-state index contributed by atoms with van der Waals surface area (Å²) in [6, 6.07) is 8.40. The van der Waals surface area contributed by atoms with Crippen LogP contribution in [-0.2, 0) is 0 Å². The van der Waals surface area contributed by atoms with Gasteiger partial charge in [-0.1, -0.05) is 23.2 Å². The summed E-state index contributed by atoms with van der Waals surface area (Å²) in [6.45, 7) is 1.22. The number of rotatable bonds is 3. The standard InChI is InChI=1S/C16H16Cl2N4O2/c17-13-4-3-11(10-14(13)18)20-16(23)22-8-5-12(6-9-22)24-15-2-1-7-19-21-15/h1-4,7,10,12H,5-6,8-9H2,(H,20,23). The molecule has 0 unspecified atom stereocenters. The van der Waals surface area contributed by atoms with E-state index >= 15 is 0 Å². The van der Waals surface area contributed by atoms with Gasteiger partial charge in [-0.3, -0.25) is 0 Å². The zero-order chi connectivity index (χ0) is 16.9. The fourth-order valence-corrected chi connectivity index (χ4v) is 2.77. The molecule has 0 atom stereocenters. The van der Waals surface area contributed by atoms with Crippen LogP contribution < -0.4 is 10.1 Å². The number of carbonyl (C=O) groups is 1. The first-order valence-corrected chi connectivity index (χ1v) is 8.33. The molecule has 0 aliphatic carbocycles. The van der Waals surface area contributed by atoms with Crippen LogP contribution >= 0.6 is 23.2 Å². The molecule has 1 aromatic heterocycles. The first-order valence-electron chi connectivity index (χ1n) is 7.57. The molecule has 0 spiro atoms. The van der Waals surface area contributed by atoms with Gasteiger partial charge in [0.2, 0.25) is 5.88 Å². The molecule has 1 aromatic carbocycles. The van der Waals surface area contributed by atoms with E-state index in [0.29, 0.717) is 34.7 Å². The molecule has 3 rings (SSSR count). The predicted molar refractivity (Wildman–Crippen MR) is 92.7 cm³/mol. The summed E-state index contributed by atoms with van der Waals surface area (Å²) in [5, 5.41) is 11.4. The summed E-state index contributed by atoms with van der Waals surface area (Å²) < 4.78 is 5.77. The van der Waals surface area contributed by atoms with Gasteiger partial charge in [-0.2, -0.15) is 5.10 Å². The Morgan fingerprint density at radius 2 is 2.00 bits per heavy atom. The monoisotopic (exact) mass is 366 g/mol. The van der Waals surface area contributed by atoms with E-state index in [4.69, 9.17) is 27.9 Å². The Morgan fingerprint density at radius 3 is 2.67 bits per heavy atom. The topological polar surface area (TPSA) is 67.4 Å². The summed E-state index contributed by atoms with van der Waals surface area (Å²) in [4.78, 5) is 14.1. The minimum Gasteiger partial charge on any atom is -0.473 e. The lowest BCUT2D eigenvalue weighted by Crippen LogP contribution is -2.43. The van der Waals surface area contributed by atoms with E-state index in [1.165, 1.54) is 0 Å². The number of aromatic nitrogens is 2. The lowest BCUT2D eigenvalue weighted by molar-refractivity contribution is 0.110. The van der Waals surface area contributed by atoms with Gasteiger partial charge < -0.3 is 15.0 Å². The first kappa shape index (κ1) is 16.8. The van der Waals surface area contributed by atoms with Gasteiger partial charge in [0.25, 0.3) is 0 Å². The average molecular weight is 367 g/mol. The van der Waals surface area contributed by atoms with E-state index in [-0.39, 0.29) is 12.1 Å². The van der Waals surface area contributed by atoms with Crippen LogP contribution in [0.3, 0.4) is 0 Å². The number of hydrogen-bond acceptors (Lipinski definition) is 4. The molecule has 1 N–H and O–H groups in total. The quantitative estimate of drug-likeness (QED) is 0.895. The number of benzene rings is 1. The van der Waals surface area contributed by atoms with Crippen LogP contribution in [0.25, 0.3) is 0 Å². The largest absolute Gasteiger partial charge is 0.473 e. The molecule has 0 bridgehead atoms. The smallest absolute Gasteiger partial charge is 0.321 e. The molecule has 1 saturated heterocycles. The molecule has 1 aliphatic rings. The Kier molecular flexibility index (Phi) is 5.37. The van der Waals surface area contributed by atoms with Crippen LogP contribution in [0.4, 0.5) is 10.5 Å². The third kappa shape index (κ3) is 4.27. The van der Waals surface area contributed by atoms with E-state index in [9.17, 15) is 4.79 Å². The van der Waals surface area contributed by atoms with Gasteiger partial charge in [-0.15, -0.1) is 5.10 Å². The fraction of sp³-hybridized carbons (Fsp3) is 0.312. The lowest BCUT2D eigenvalue weighted by atomic mass is 10.1. The van der Waals surface area contributed by atoms with E-state index in [2.05, 4.69) is 15.5 Å². The van der Waals surface area contributed by atoms with Gasteiger partial charge in [-0.05, 0) is 24.3 Å². The molecule has 2 heterocycles. The fourth-order valence-electron chi connectivity index (χ4n) is 2.47. The molecule has 6 nitrogen and oxygen atoms in total. The van der Waals surface area contributed by atoms with Crippen molar-refractivity contribution >= 4 is 34.9 Å². The summed E-state index contributed by atoms with van der Waals surface area (Å²) >= 11 is 11.8. The number of ether oxygens (including phenoxy) is 1. The number of halogens is 2. The van der Waals surface area contributed by atoms with Crippen LogP contribution in [0, 0.1) is 0 Å². The third-order valence-corrected chi connectivity index (χ3v) is 4.47. The number of urea groups is 1. The van der Waals surface area contributed by atoms with Crippen LogP contribution in [0.5, 0.6) is 5.88 Å². The summed E-state index contributed by atoms with van der Waals surface area (Å²) in [7, 11) is 0. The average Bonchev–Trinajstić information content (AvgIpc) is 2.60. The Morgan fingerprint density at radius 1 is 1.21 bits per heavy atom. The van der Waals surface area contributed by atoms with Gasteiger partial charge in [0.1, 0.15) is 6.10 Å². The third-order valence-electron chi connectivity index (χ3n) is 3.74. The van der Waals surface area contributed by atoms with E-state index in [0.717, 1.165) is 12.8 Å².